The van der Waals surface area contributed by atoms with Crippen molar-refractivity contribution in [1.82, 2.24) is 15.1 Å². The van der Waals surface area contributed by atoms with E-state index < -0.39 is 5.60 Å². The van der Waals surface area contributed by atoms with E-state index in [9.17, 15) is 9.59 Å². The summed E-state index contributed by atoms with van der Waals surface area (Å²) in [7, 11) is 4.03. The average molecular weight is 382 g/mol. The van der Waals surface area contributed by atoms with Gasteiger partial charge < -0.3 is 19.9 Å². The largest absolute Gasteiger partial charge is 0.444 e. The van der Waals surface area contributed by atoms with E-state index in [-0.39, 0.29) is 24.0 Å². The molecule has 0 aliphatic carbocycles. The molecule has 7 heteroatoms. The molecule has 0 radical (unpaired) electrons. The van der Waals surface area contributed by atoms with Gasteiger partial charge in [0, 0.05) is 19.6 Å². The Hall–Kier alpha value is -1.60. The lowest BCUT2D eigenvalue weighted by molar-refractivity contribution is -0.126. The van der Waals surface area contributed by atoms with Gasteiger partial charge in [-0.2, -0.15) is 11.3 Å². The highest BCUT2D eigenvalue weighted by Gasteiger charge is 2.31. The lowest BCUT2D eigenvalue weighted by Gasteiger charge is -2.34. The number of carbonyl (C=O) groups is 2. The molecule has 26 heavy (non-hydrogen) atoms. The molecule has 2 heterocycles. The van der Waals surface area contributed by atoms with Crippen LogP contribution in [0.1, 0.15) is 45.2 Å². The van der Waals surface area contributed by atoms with Gasteiger partial charge in [-0.25, -0.2) is 4.79 Å². The quantitative estimate of drug-likeness (QED) is 0.851. The van der Waals surface area contributed by atoms with Gasteiger partial charge in [0.05, 0.1) is 12.0 Å². The minimum atomic E-state index is -0.522. The summed E-state index contributed by atoms with van der Waals surface area (Å²) >= 11 is 1.66. The van der Waals surface area contributed by atoms with E-state index in [0.29, 0.717) is 19.6 Å². The minimum absolute atomic E-state index is 0.0142. The number of likely N-dealkylation sites (tertiary alicyclic amines) is 1. The average Bonchev–Trinajstić information content (AvgIpc) is 3.07. The number of nitrogens with zero attached hydrogens (tertiary/aromatic N) is 2. The maximum absolute atomic E-state index is 12.6. The molecule has 6 nitrogen and oxygen atoms in total. The molecule has 146 valence electrons. The predicted octanol–water partition coefficient (Wildman–Crippen LogP) is 3.11. The van der Waals surface area contributed by atoms with Gasteiger partial charge in [0.1, 0.15) is 5.60 Å². The number of hydrogen-bond donors (Lipinski definition) is 1. The van der Waals surface area contributed by atoms with E-state index in [4.69, 9.17) is 4.74 Å². The number of likely N-dealkylation sites (N-methyl/N-ethyl adjacent to an activating group) is 1. The van der Waals surface area contributed by atoms with Crippen LogP contribution in [0.3, 0.4) is 0 Å². The zero-order valence-corrected chi connectivity index (χ0v) is 17.3. The zero-order valence-electron chi connectivity index (χ0n) is 16.4. The molecule has 0 spiro atoms. The Kier molecular flexibility index (Phi) is 7.06. The molecule has 0 bridgehead atoms. The van der Waals surface area contributed by atoms with Gasteiger partial charge in [-0.15, -0.1) is 0 Å². The Bertz CT molecular complexity index is 596. The lowest BCUT2D eigenvalue weighted by atomic mass is 9.97. The highest BCUT2D eigenvalue weighted by atomic mass is 32.1. The highest BCUT2D eigenvalue weighted by molar-refractivity contribution is 7.07. The summed E-state index contributed by atoms with van der Waals surface area (Å²) in [6, 6.07) is 2.24. The van der Waals surface area contributed by atoms with Crippen molar-refractivity contribution >= 4 is 23.3 Å². The van der Waals surface area contributed by atoms with Crippen molar-refractivity contribution < 1.29 is 14.3 Å². The second kappa shape index (κ2) is 8.86. The van der Waals surface area contributed by atoms with Crippen LogP contribution < -0.4 is 5.32 Å². The molecule has 1 aliphatic heterocycles. The van der Waals surface area contributed by atoms with Crippen molar-refractivity contribution in [3.05, 3.63) is 22.4 Å². The Morgan fingerprint density at radius 1 is 1.42 bits per heavy atom. The van der Waals surface area contributed by atoms with Gasteiger partial charge in [-0.1, -0.05) is 0 Å². The third-order valence-electron chi connectivity index (χ3n) is 4.46. The summed E-state index contributed by atoms with van der Waals surface area (Å²) in [5, 5.41) is 7.24. The number of ether oxygens (including phenoxy) is 1. The van der Waals surface area contributed by atoms with E-state index in [0.717, 1.165) is 12.8 Å². The van der Waals surface area contributed by atoms with Crippen LogP contribution >= 0.6 is 11.3 Å². The second-order valence-electron chi connectivity index (χ2n) is 8.05. The van der Waals surface area contributed by atoms with Crippen molar-refractivity contribution in [3.63, 3.8) is 0 Å². The van der Waals surface area contributed by atoms with Crippen LogP contribution in [0.2, 0.25) is 0 Å². The molecular weight excluding hydrogens is 350 g/mol. The monoisotopic (exact) mass is 381 g/mol. The fourth-order valence-electron chi connectivity index (χ4n) is 3.09. The topological polar surface area (TPSA) is 61.9 Å². The summed E-state index contributed by atoms with van der Waals surface area (Å²) < 4.78 is 5.43. The Morgan fingerprint density at radius 3 is 2.73 bits per heavy atom. The first kappa shape index (κ1) is 20.7. The van der Waals surface area contributed by atoms with Crippen molar-refractivity contribution in [2.24, 2.45) is 5.92 Å². The molecule has 0 unspecified atom stereocenters. The molecule has 2 rings (SSSR count). The highest BCUT2D eigenvalue weighted by Crippen LogP contribution is 2.22. The summed E-state index contributed by atoms with van der Waals surface area (Å²) in [6.07, 6.45) is 1.29. The molecule has 1 fully saturated rings. The molecule has 1 aromatic rings. The third kappa shape index (κ3) is 5.99. The van der Waals surface area contributed by atoms with Crippen LogP contribution in [0, 0.1) is 5.92 Å². The third-order valence-corrected chi connectivity index (χ3v) is 5.17. The molecule has 1 N–H and O–H groups in total. The molecule has 1 aromatic heterocycles. The zero-order chi connectivity index (χ0) is 19.3. The van der Waals surface area contributed by atoms with Gasteiger partial charge in [-0.3, -0.25) is 4.79 Å². The number of rotatable bonds is 5. The first-order valence-corrected chi connectivity index (χ1v) is 10.1. The fourth-order valence-corrected chi connectivity index (χ4v) is 3.80. The summed E-state index contributed by atoms with van der Waals surface area (Å²) in [6.45, 7) is 7.19. The van der Waals surface area contributed by atoms with Crippen LogP contribution in [0.5, 0.6) is 0 Å². The molecule has 0 saturated carbocycles. The number of nitrogens with one attached hydrogen (secondary N) is 1. The SMILES string of the molecule is CN(C)[C@@H](CNC(=O)[C@@H]1CCCN(C(=O)OC(C)(C)C)C1)c1ccsc1. The van der Waals surface area contributed by atoms with Crippen LogP contribution in [0.15, 0.2) is 16.8 Å². The molecule has 0 aromatic carbocycles. The van der Waals surface area contributed by atoms with Crippen LogP contribution in [-0.2, 0) is 9.53 Å². The van der Waals surface area contributed by atoms with Gasteiger partial charge >= 0.3 is 6.09 Å². The number of thiophene rings is 1. The van der Waals surface area contributed by atoms with E-state index in [1.54, 1.807) is 16.2 Å². The lowest BCUT2D eigenvalue weighted by Crippen LogP contribution is -2.47. The van der Waals surface area contributed by atoms with Gasteiger partial charge in [0.2, 0.25) is 5.91 Å². The van der Waals surface area contributed by atoms with E-state index in [1.807, 2.05) is 40.2 Å². The van der Waals surface area contributed by atoms with Gasteiger partial charge in [-0.05, 0) is 70.1 Å². The maximum atomic E-state index is 12.6. The van der Waals surface area contributed by atoms with E-state index >= 15 is 0 Å². The minimum Gasteiger partial charge on any atom is -0.444 e. The van der Waals surface area contributed by atoms with Gasteiger partial charge in [0.15, 0.2) is 0 Å². The van der Waals surface area contributed by atoms with Crippen LogP contribution in [-0.4, -0.2) is 61.1 Å². The molecular formula is C19H31N3O3S. The summed E-state index contributed by atoms with van der Waals surface area (Å²) in [4.78, 5) is 28.7. The number of carbonyl (C=O) groups excluding carboxylic acids is 2. The molecule has 2 atom stereocenters. The summed E-state index contributed by atoms with van der Waals surface area (Å²) in [5.41, 5.74) is 0.686. The number of hydrogen-bond acceptors (Lipinski definition) is 5. The first-order chi connectivity index (χ1) is 12.2. The maximum Gasteiger partial charge on any atom is 0.410 e. The molecule has 1 saturated heterocycles. The predicted molar refractivity (Wildman–Crippen MR) is 104 cm³/mol. The van der Waals surface area contributed by atoms with Crippen molar-refractivity contribution in [1.29, 1.82) is 0 Å². The van der Waals surface area contributed by atoms with Crippen molar-refractivity contribution in [2.45, 2.75) is 45.3 Å². The van der Waals surface area contributed by atoms with Crippen LogP contribution in [0.25, 0.3) is 0 Å². The van der Waals surface area contributed by atoms with E-state index in [1.165, 1.54) is 5.56 Å². The van der Waals surface area contributed by atoms with Crippen LogP contribution in [0.4, 0.5) is 4.79 Å². The Balaban J connectivity index is 1.89. The fraction of sp³-hybridized carbons (Fsp3) is 0.684. The number of piperidine rings is 1. The van der Waals surface area contributed by atoms with E-state index in [2.05, 4.69) is 21.7 Å². The molecule has 2 amide bonds. The summed E-state index contributed by atoms with van der Waals surface area (Å²) in [5.74, 6) is -0.165. The first-order valence-electron chi connectivity index (χ1n) is 9.11. The van der Waals surface area contributed by atoms with Gasteiger partial charge in [0.25, 0.3) is 0 Å². The van der Waals surface area contributed by atoms with Crippen molar-refractivity contribution in [3.8, 4) is 0 Å². The smallest absolute Gasteiger partial charge is 0.410 e. The van der Waals surface area contributed by atoms with Crippen molar-refractivity contribution in [2.75, 3.05) is 33.7 Å². The number of amides is 2. The second-order valence-corrected chi connectivity index (χ2v) is 8.83. The Labute approximate surface area is 160 Å². The Morgan fingerprint density at radius 2 is 2.15 bits per heavy atom. The normalized spacial score (nSPS) is 19.3. The standard InChI is InChI=1S/C19H31N3O3S/c1-19(2,3)25-18(24)22-9-6-7-14(12-22)17(23)20-11-16(21(4)5)15-8-10-26-13-15/h8,10,13-14,16H,6-7,9,11-12H2,1-5H3,(H,20,23)/t14-,16+/m1/s1. The molecule has 1 aliphatic rings.